The van der Waals surface area contributed by atoms with Gasteiger partial charge in [-0.15, -0.1) is 0 Å². The highest BCUT2D eigenvalue weighted by Gasteiger charge is 2.25. The number of rotatable bonds is 6. The molecule has 0 radical (unpaired) electrons. The first kappa shape index (κ1) is 20.1. The van der Waals surface area contributed by atoms with Crippen molar-refractivity contribution in [2.24, 2.45) is 0 Å². The van der Waals surface area contributed by atoms with E-state index in [0.717, 1.165) is 22.3 Å². The number of nitrogens with one attached hydrogen (secondary N) is 1. The van der Waals surface area contributed by atoms with Crippen LogP contribution in [0, 0.1) is 20.8 Å². The average molecular weight is 396 g/mol. The Labute approximate surface area is 167 Å². The molecule has 28 heavy (non-hydrogen) atoms. The van der Waals surface area contributed by atoms with E-state index in [9.17, 15) is 8.42 Å². The Morgan fingerprint density at radius 1 is 0.786 bits per heavy atom. The Morgan fingerprint density at radius 3 is 2.00 bits per heavy atom. The molecule has 0 aliphatic carbocycles. The van der Waals surface area contributed by atoms with Crippen molar-refractivity contribution in [3.8, 4) is 5.75 Å². The van der Waals surface area contributed by atoms with E-state index < -0.39 is 16.1 Å². The van der Waals surface area contributed by atoms with Crippen LogP contribution in [0.2, 0.25) is 0 Å². The Kier molecular flexibility index (Phi) is 5.87. The molecule has 3 aromatic rings. The summed E-state index contributed by atoms with van der Waals surface area (Å²) in [4.78, 5) is 0.263. The third-order valence-electron chi connectivity index (χ3n) is 5.01. The number of hydrogen-bond acceptors (Lipinski definition) is 3. The zero-order valence-corrected chi connectivity index (χ0v) is 17.4. The molecule has 0 amide bonds. The molecular formula is C23H25NO3S. The van der Waals surface area contributed by atoms with Crippen LogP contribution in [0.5, 0.6) is 5.75 Å². The highest BCUT2D eigenvalue weighted by atomic mass is 32.2. The Hall–Kier alpha value is -2.63. The minimum Gasteiger partial charge on any atom is -0.496 e. The summed E-state index contributed by atoms with van der Waals surface area (Å²) < 4.78 is 34.8. The lowest BCUT2D eigenvalue weighted by Crippen LogP contribution is -2.30. The van der Waals surface area contributed by atoms with Crippen LogP contribution in [-0.2, 0) is 10.0 Å². The first-order chi connectivity index (χ1) is 13.3. The van der Waals surface area contributed by atoms with Gasteiger partial charge >= 0.3 is 0 Å². The van der Waals surface area contributed by atoms with Gasteiger partial charge in [0, 0.05) is 0 Å². The fraction of sp³-hybridized carbons (Fsp3) is 0.217. The predicted octanol–water partition coefficient (Wildman–Crippen LogP) is 4.69. The molecule has 3 aromatic carbocycles. The molecule has 1 atom stereocenters. The fourth-order valence-electron chi connectivity index (χ4n) is 3.23. The highest BCUT2D eigenvalue weighted by molar-refractivity contribution is 7.89. The number of ether oxygens (including phenoxy) is 1. The van der Waals surface area contributed by atoms with Gasteiger partial charge in [-0.2, -0.15) is 4.72 Å². The van der Waals surface area contributed by atoms with Crippen molar-refractivity contribution in [3.63, 3.8) is 0 Å². The van der Waals surface area contributed by atoms with E-state index in [1.807, 2.05) is 68.4 Å². The summed E-state index contributed by atoms with van der Waals surface area (Å²) in [5, 5.41) is 0. The molecule has 146 valence electrons. The van der Waals surface area contributed by atoms with Gasteiger partial charge in [-0.3, -0.25) is 0 Å². The SMILES string of the molecule is COc1ccc(S(=O)(=O)N[C@@H](c2ccccc2)c2ccc(C)cc2)c(C)c1C. The quantitative estimate of drug-likeness (QED) is 0.659. The van der Waals surface area contributed by atoms with Crippen molar-refractivity contribution in [2.75, 3.05) is 7.11 Å². The molecule has 0 aliphatic rings. The number of methoxy groups -OCH3 is 1. The maximum atomic E-state index is 13.3. The summed E-state index contributed by atoms with van der Waals surface area (Å²) in [5.41, 5.74) is 4.40. The summed E-state index contributed by atoms with van der Waals surface area (Å²) in [7, 11) is -2.17. The van der Waals surface area contributed by atoms with Crippen LogP contribution < -0.4 is 9.46 Å². The van der Waals surface area contributed by atoms with Crippen molar-refractivity contribution >= 4 is 10.0 Å². The van der Waals surface area contributed by atoms with Crippen LogP contribution in [0.25, 0.3) is 0 Å². The van der Waals surface area contributed by atoms with Crippen LogP contribution in [0.1, 0.15) is 33.9 Å². The zero-order chi connectivity index (χ0) is 20.3. The number of aryl methyl sites for hydroxylation is 1. The average Bonchev–Trinajstić information content (AvgIpc) is 2.69. The second-order valence-electron chi connectivity index (χ2n) is 6.89. The molecular weight excluding hydrogens is 370 g/mol. The van der Waals surface area contributed by atoms with E-state index >= 15 is 0 Å². The molecule has 0 saturated carbocycles. The number of benzene rings is 3. The molecule has 3 rings (SSSR count). The molecule has 0 saturated heterocycles. The van der Waals surface area contributed by atoms with Gasteiger partial charge < -0.3 is 4.74 Å². The normalized spacial score (nSPS) is 12.6. The van der Waals surface area contributed by atoms with Crippen molar-refractivity contribution in [3.05, 3.63) is 94.5 Å². The maximum absolute atomic E-state index is 13.3. The van der Waals surface area contributed by atoms with E-state index in [2.05, 4.69) is 4.72 Å². The van der Waals surface area contributed by atoms with Crippen molar-refractivity contribution in [1.29, 1.82) is 0 Å². The van der Waals surface area contributed by atoms with Gasteiger partial charge in [0.25, 0.3) is 0 Å². The summed E-state index contributed by atoms with van der Waals surface area (Å²) in [6.07, 6.45) is 0. The molecule has 1 N–H and O–H groups in total. The lowest BCUT2D eigenvalue weighted by Gasteiger charge is -2.21. The second-order valence-corrected chi connectivity index (χ2v) is 8.57. The van der Waals surface area contributed by atoms with Gasteiger partial charge in [-0.25, -0.2) is 8.42 Å². The zero-order valence-electron chi connectivity index (χ0n) is 16.6. The van der Waals surface area contributed by atoms with E-state index in [-0.39, 0.29) is 4.90 Å². The summed E-state index contributed by atoms with van der Waals surface area (Å²) in [6, 6.07) is 20.3. The van der Waals surface area contributed by atoms with Crippen molar-refractivity contribution in [2.45, 2.75) is 31.7 Å². The van der Waals surface area contributed by atoms with Gasteiger partial charge in [0.2, 0.25) is 10.0 Å². The topological polar surface area (TPSA) is 55.4 Å². The number of sulfonamides is 1. The summed E-state index contributed by atoms with van der Waals surface area (Å²) >= 11 is 0. The first-order valence-electron chi connectivity index (χ1n) is 9.11. The molecule has 0 heterocycles. The van der Waals surface area contributed by atoms with Crippen molar-refractivity contribution < 1.29 is 13.2 Å². The lowest BCUT2D eigenvalue weighted by molar-refractivity contribution is 0.410. The van der Waals surface area contributed by atoms with Gasteiger partial charge in [0.05, 0.1) is 18.0 Å². The van der Waals surface area contributed by atoms with Crippen LogP contribution in [0.4, 0.5) is 0 Å². The standard InChI is InChI=1S/C23H25NO3S/c1-16-10-12-20(13-11-16)23(19-8-6-5-7-9-19)24-28(25,26)22-15-14-21(27-4)17(2)18(22)3/h5-15,23-24H,1-4H3/t23-/m0/s1. The molecule has 0 bridgehead atoms. The van der Waals surface area contributed by atoms with E-state index in [4.69, 9.17) is 4.74 Å². The smallest absolute Gasteiger partial charge is 0.241 e. The molecule has 4 nitrogen and oxygen atoms in total. The monoisotopic (exact) mass is 395 g/mol. The summed E-state index contributed by atoms with van der Waals surface area (Å²) in [5.74, 6) is 0.676. The predicted molar refractivity (Wildman–Crippen MR) is 112 cm³/mol. The minimum atomic E-state index is -3.75. The molecule has 0 aromatic heterocycles. The first-order valence-corrected chi connectivity index (χ1v) is 10.6. The highest BCUT2D eigenvalue weighted by Crippen LogP contribution is 2.29. The lowest BCUT2D eigenvalue weighted by atomic mass is 9.99. The second kappa shape index (κ2) is 8.17. The molecule has 0 unspecified atom stereocenters. The van der Waals surface area contributed by atoms with Crippen LogP contribution in [-0.4, -0.2) is 15.5 Å². The van der Waals surface area contributed by atoms with Crippen LogP contribution in [0.15, 0.2) is 71.6 Å². The summed E-state index contributed by atoms with van der Waals surface area (Å²) in [6.45, 7) is 5.67. The van der Waals surface area contributed by atoms with Gasteiger partial charge in [0.15, 0.2) is 0 Å². The van der Waals surface area contributed by atoms with Crippen LogP contribution >= 0.6 is 0 Å². The van der Waals surface area contributed by atoms with Gasteiger partial charge in [-0.1, -0.05) is 60.2 Å². The Bertz CT molecular complexity index is 1060. The van der Waals surface area contributed by atoms with Gasteiger partial charge in [0.1, 0.15) is 5.75 Å². The third kappa shape index (κ3) is 4.11. The Morgan fingerprint density at radius 2 is 1.39 bits per heavy atom. The van der Waals surface area contributed by atoms with Gasteiger partial charge in [-0.05, 0) is 55.2 Å². The molecule has 0 spiro atoms. The fourth-order valence-corrected chi connectivity index (χ4v) is 4.75. The van der Waals surface area contributed by atoms with E-state index in [0.29, 0.717) is 11.3 Å². The molecule has 0 fully saturated rings. The van der Waals surface area contributed by atoms with Crippen LogP contribution in [0.3, 0.4) is 0 Å². The minimum absolute atomic E-state index is 0.263. The largest absolute Gasteiger partial charge is 0.496 e. The van der Waals surface area contributed by atoms with E-state index in [1.54, 1.807) is 26.2 Å². The Balaban J connectivity index is 2.05. The third-order valence-corrected chi connectivity index (χ3v) is 6.58. The number of hydrogen-bond donors (Lipinski definition) is 1. The van der Waals surface area contributed by atoms with E-state index in [1.165, 1.54) is 0 Å². The molecule has 5 heteroatoms. The van der Waals surface area contributed by atoms with Crippen molar-refractivity contribution in [1.82, 2.24) is 4.72 Å². The molecule has 0 aliphatic heterocycles. The maximum Gasteiger partial charge on any atom is 0.241 e.